The van der Waals surface area contributed by atoms with Gasteiger partial charge in [-0.1, -0.05) is 0 Å². The van der Waals surface area contributed by atoms with Crippen molar-refractivity contribution in [1.82, 2.24) is 4.98 Å². The Labute approximate surface area is 103 Å². The first-order chi connectivity index (χ1) is 7.38. The predicted octanol–water partition coefficient (Wildman–Crippen LogP) is 3.40. The number of cyclic esters (lactones) is 1. The molecule has 1 saturated heterocycles. The normalized spacial score (nSPS) is 21.5. The fourth-order valence-corrected chi connectivity index (χ4v) is 2.28. The third-order valence-electron chi connectivity index (χ3n) is 2.63. The summed E-state index contributed by atoms with van der Waals surface area (Å²) in [5.41, 5.74) is 1.61. The maximum atomic E-state index is 11.5. The highest BCUT2D eigenvalue weighted by Crippen LogP contribution is 2.36. The van der Waals surface area contributed by atoms with Crippen molar-refractivity contribution in [2.75, 3.05) is 0 Å². The standard InChI is InChI=1S/C12H14BrNO2/c1-7-4-9(13)10(14-7)5-8-6-12(2,3)11(15)16-8/h4-5,14H,6H2,1-3H3/b8-5+. The molecule has 0 aromatic carbocycles. The van der Waals surface area contributed by atoms with Gasteiger partial charge in [0.05, 0.1) is 11.1 Å². The summed E-state index contributed by atoms with van der Waals surface area (Å²) in [6, 6.07) is 1.99. The molecule has 0 unspecified atom stereocenters. The van der Waals surface area contributed by atoms with Gasteiger partial charge in [0.2, 0.25) is 0 Å². The molecule has 0 amide bonds. The minimum Gasteiger partial charge on any atom is -0.431 e. The highest BCUT2D eigenvalue weighted by molar-refractivity contribution is 9.10. The number of ether oxygens (including phenoxy) is 1. The van der Waals surface area contributed by atoms with Crippen LogP contribution in [0.25, 0.3) is 6.08 Å². The van der Waals surface area contributed by atoms with Crippen molar-refractivity contribution in [3.05, 3.63) is 27.7 Å². The van der Waals surface area contributed by atoms with Gasteiger partial charge in [0.15, 0.2) is 0 Å². The van der Waals surface area contributed by atoms with Crippen molar-refractivity contribution >= 4 is 28.0 Å². The van der Waals surface area contributed by atoms with Crippen molar-refractivity contribution in [3.8, 4) is 0 Å². The molecule has 1 aromatic heterocycles. The van der Waals surface area contributed by atoms with E-state index in [-0.39, 0.29) is 5.97 Å². The lowest BCUT2D eigenvalue weighted by molar-refractivity contribution is -0.142. The lowest BCUT2D eigenvalue weighted by Gasteiger charge is -2.07. The van der Waals surface area contributed by atoms with E-state index >= 15 is 0 Å². The van der Waals surface area contributed by atoms with E-state index in [2.05, 4.69) is 20.9 Å². The van der Waals surface area contributed by atoms with Crippen molar-refractivity contribution in [1.29, 1.82) is 0 Å². The van der Waals surface area contributed by atoms with Crippen LogP contribution in [0.2, 0.25) is 0 Å². The number of hydrogen-bond donors (Lipinski definition) is 1. The lowest BCUT2D eigenvalue weighted by atomic mass is 9.91. The number of carbonyl (C=O) groups is 1. The summed E-state index contributed by atoms with van der Waals surface area (Å²) in [6.07, 6.45) is 2.53. The SMILES string of the molecule is Cc1cc(Br)c(/C=C2\CC(C)(C)C(=O)O2)[nH]1. The maximum absolute atomic E-state index is 11.5. The van der Waals surface area contributed by atoms with Crippen LogP contribution in [-0.4, -0.2) is 11.0 Å². The molecule has 1 N–H and O–H groups in total. The third kappa shape index (κ3) is 2.07. The van der Waals surface area contributed by atoms with E-state index in [1.165, 1.54) is 0 Å². The van der Waals surface area contributed by atoms with Crippen molar-refractivity contribution in [2.45, 2.75) is 27.2 Å². The fraction of sp³-hybridized carbons (Fsp3) is 0.417. The van der Waals surface area contributed by atoms with Gasteiger partial charge in [0.25, 0.3) is 0 Å². The molecule has 1 aliphatic rings. The molecule has 1 aliphatic heterocycles. The highest BCUT2D eigenvalue weighted by Gasteiger charge is 2.38. The smallest absolute Gasteiger partial charge is 0.317 e. The molecule has 0 radical (unpaired) electrons. The van der Waals surface area contributed by atoms with Crippen molar-refractivity contribution < 1.29 is 9.53 Å². The summed E-state index contributed by atoms with van der Waals surface area (Å²) in [6.45, 7) is 5.77. The number of rotatable bonds is 1. The summed E-state index contributed by atoms with van der Waals surface area (Å²) in [7, 11) is 0. The van der Waals surface area contributed by atoms with Gasteiger partial charge in [-0.15, -0.1) is 0 Å². The minimum absolute atomic E-state index is 0.154. The minimum atomic E-state index is -0.403. The molecule has 0 atom stereocenters. The molecule has 2 rings (SSSR count). The van der Waals surface area contributed by atoms with E-state index in [0.29, 0.717) is 6.42 Å². The zero-order valence-electron chi connectivity index (χ0n) is 9.56. The number of hydrogen-bond acceptors (Lipinski definition) is 2. The number of esters is 1. The summed E-state index contributed by atoms with van der Waals surface area (Å²) in [5, 5.41) is 0. The molecule has 2 heterocycles. The van der Waals surface area contributed by atoms with E-state index in [9.17, 15) is 4.79 Å². The first-order valence-corrected chi connectivity index (χ1v) is 5.96. The summed E-state index contributed by atoms with van der Waals surface area (Å²) < 4.78 is 6.21. The number of allylic oxidation sites excluding steroid dienone is 1. The second kappa shape index (κ2) is 3.77. The molecule has 1 fully saturated rings. The van der Waals surface area contributed by atoms with Gasteiger partial charge in [0.1, 0.15) is 5.76 Å². The Morgan fingerprint density at radius 2 is 2.25 bits per heavy atom. The molecule has 86 valence electrons. The average Bonchev–Trinajstić information content (AvgIpc) is 2.55. The number of aryl methyl sites for hydroxylation is 1. The van der Waals surface area contributed by atoms with Gasteiger partial charge in [-0.2, -0.15) is 0 Å². The average molecular weight is 284 g/mol. The molecule has 0 bridgehead atoms. The van der Waals surface area contributed by atoms with Crippen LogP contribution in [0.1, 0.15) is 31.7 Å². The van der Waals surface area contributed by atoms with Crippen LogP contribution in [0, 0.1) is 12.3 Å². The van der Waals surface area contributed by atoms with Crippen LogP contribution in [0.3, 0.4) is 0 Å². The van der Waals surface area contributed by atoms with Crippen molar-refractivity contribution in [3.63, 3.8) is 0 Å². The van der Waals surface area contributed by atoms with Crippen LogP contribution < -0.4 is 0 Å². The maximum Gasteiger partial charge on any atom is 0.317 e. The fourth-order valence-electron chi connectivity index (χ4n) is 1.72. The molecule has 16 heavy (non-hydrogen) atoms. The second-order valence-corrected chi connectivity index (χ2v) is 5.63. The predicted molar refractivity (Wildman–Crippen MR) is 65.7 cm³/mol. The number of aromatic nitrogens is 1. The number of halogens is 1. The van der Waals surface area contributed by atoms with Gasteiger partial charge in [-0.25, -0.2) is 0 Å². The van der Waals surface area contributed by atoms with E-state index in [0.717, 1.165) is 21.6 Å². The third-order valence-corrected chi connectivity index (χ3v) is 3.29. The number of H-pyrrole nitrogens is 1. The van der Waals surface area contributed by atoms with Gasteiger partial charge in [0, 0.05) is 22.7 Å². The molecule has 0 saturated carbocycles. The number of carbonyl (C=O) groups excluding carboxylic acids is 1. The summed E-state index contributed by atoms with van der Waals surface area (Å²) in [4.78, 5) is 14.7. The summed E-state index contributed by atoms with van der Waals surface area (Å²) >= 11 is 3.45. The molecule has 4 heteroatoms. The van der Waals surface area contributed by atoms with Gasteiger partial charge < -0.3 is 9.72 Å². The Bertz CT molecular complexity index is 471. The monoisotopic (exact) mass is 283 g/mol. The largest absolute Gasteiger partial charge is 0.431 e. The number of aromatic amines is 1. The second-order valence-electron chi connectivity index (χ2n) is 4.77. The topological polar surface area (TPSA) is 42.1 Å². The van der Waals surface area contributed by atoms with Gasteiger partial charge in [-0.3, -0.25) is 4.79 Å². The van der Waals surface area contributed by atoms with E-state index in [1.54, 1.807) is 0 Å². The molecule has 0 spiro atoms. The lowest BCUT2D eigenvalue weighted by Crippen LogP contribution is -2.16. The number of nitrogens with one attached hydrogen (secondary N) is 1. The zero-order valence-corrected chi connectivity index (χ0v) is 11.1. The Balaban J connectivity index is 2.28. The van der Waals surface area contributed by atoms with Crippen LogP contribution in [-0.2, 0) is 9.53 Å². The molecule has 1 aromatic rings. The van der Waals surface area contributed by atoms with Crippen LogP contribution in [0.4, 0.5) is 0 Å². The Hall–Kier alpha value is -1.03. The van der Waals surface area contributed by atoms with E-state index in [1.807, 2.05) is 32.9 Å². The van der Waals surface area contributed by atoms with E-state index in [4.69, 9.17) is 4.74 Å². The van der Waals surface area contributed by atoms with Gasteiger partial charge in [-0.05, 0) is 42.8 Å². The Morgan fingerprint density at radius 3 is 2.69 bits per heavy atom. The van der Waals surface area contributed by atoms with E-state index < -0.39 is 5.41 Å². The molecule has 3 nitrogen and oxygen atoms in total. The van der Waals surface area contributed by atoms with Crippen LogP contribution in [0.5, 0.6) is 0 Å². The van der Waals surface area contributed by atoms with Crippen molar-refractivity contribution in [2.24, 2.45) is 5.41 Å². The summed E-state index contributed by atoms with van der Waals surface area (Å²) in [5.74, 6) is 0.565. The highest BCUT2D eigenvalue weighted by atomic mass is 79.9. The molecular weight excluding hydrogens is 270 g/mol. The quantitative estimate of drug-likeness (QED) is 0.803. The zero-order chi connectivity index (χ0) is 11.9. The van der Waals surface area contributed by atoms with Gasteiger partial charge >= 0.3 is 5.97 Å². The molecule has 0 aliphatic carbocycles. The first-order valence-electron chi connectivity index (χ1n) is 5.16. The Kier molecular flexibility index (Phi) is 2.70. The Morgan fingerprint density at radius 1 is 1.56 bits per heavy atom. The van der Waals surface area contributed by atoms with Crippen LogP contribution in [0.15, 0.2) is 16.3 Å². The molecular formula is C12H14BrNO2. The van der Waals surface area contributed by atoms with Crippen LogP contribution >= 0.6 is 15.9 Å². The first kappa shape index (κ1) is 11.5.